The summed E-state index contributed by atoms with van der Waals surface area (Å²) in [5.41, 5.74) is 1.30. The average Bonchev–Trinajstić information content (AvgIpc) is 2.85. The van der Waals surface area contributed by atoms with Crippen LogP contribution < -0.4 is 5.32 Å². The number of furan rings is 1. The Labute approximate surface area is 113 Å². The molecule has 0 saturated carbocycles. The molecule has 0 aromatic carbocycles. The van der Waals surface area contributed by atoms with Crippen LogP contribution >= 0.6 is 11.3 Å². The van der Waals surface area contributed by atoms with E-state index in [9.17, 15) is 9.59 Å². The Morgan fingerprint density at radius 3 is 2.37 bits per heavy atom. The van der Waals surface area contributed by atoms with Crippen LogP contribution in [0.2, 0.25) is 0 Å². The van der Waals surface area contributed by atoms with Crippen molar-refractivity contribution in [3.05, 3.63) is 39.7 Å². The molecule has 2 rings (SSSR count). The zero-order chi connectivity index (χ0) is 14.2. The van der Waals surface area contributed by atoms with Gasteiger partial charge in [0.25, 0.3) is 5.91 Å². The van der Waals surface area contributed by atoms with Crippen LogP contribution in [0.25, 0.3) is 0 Å². The van der Waals surface area contributed by atoms with Crippen molar-refractivity contribution < 1.29 is 19.1 Å². The number of carboxylic acid groups (broad SMARTS) is 1. The molecule has 2 heterocycles. The second-order valence-corrected chi connectivity index (χ2v) is 5.22. The molecule has 0 spiro atoms. The summed E-state index contributed by atoms with van der Waals surface area (Å²) in [6, 6.07) is 3.03. The highest BCUT2D eigenvalue weighted by Gasteiger charge is 2.19. The molecule has 0 unspecified atom stereocenters. The lowest BCUT2D eigenvalue weighted by molar-refractivity contribution is 0.0702. The number of amides is 1. The van der Waals surface area contributed by atoms with Gasteiger partial charge in [0.05, 0.1) is 10.6 Å². The molecule has 0 aliphatic carbocycles. The monoisotopic (exact) mass is 279 g/mol. The van der Waals surface area contributed by atoms with Gasteiger partial charge in [-0.15, -0.1) is 11.3 Å². The van der Waals surface area contributed by atoms with Crippen molar-refractivity contribution >= 4 is 28.2 Å². The minimum Gasteiger partial charge on any atom is -0.477 e. The lowest BCUT2D eigenvalue weighted by Gasteiger charge is -2.02. The van der Waals surface area contributed by atoms with Crippen LogP contribution in [-0.2, 0) is 0 Å². The van der Waals surface area contributed by atoms with E-state index in [1.54, 1.807) is 19.9 Å². The SMILES string of the molecule is Cc1oc(C)c(C(=O)Nc2ccc(C(=O)O)s2)c1C. The summed E-state index contributed by atoms with van der Waals surface area (Å²) in [5, 5.41) is 12.0. The quantitative estimate of drug-likeness (QED) is 0.904. The standard InChI is InChI=1S/C13H13NO4S/c1-6-7(2)18-8(3)11(6)12(15)14-10-5-4-9(19-10)13(16)17/h4-5H,1-3H3,(H,14,15)(H,16,17). The maximum Gasteiger partial charge on any atom is 0.345 e. The second-order valence-electron chi connectivity index (χ2n) is 4.14. The summed E-state index contributed by atoms with van der Waals surface area (Å²) in [4.78, 5) is 23.1. The number of carbonyl (C=O) groups excluding carboxylic acids is 1. The minimum absolute atomic E-state index is 0.187. The molecule has 6 heteroatoms. The van der Waals surface area contributed by atoms with Crippen molar-refractivity contribution in [3.8, 4) is 0 Å². The molecular formula is C13H13NO4S. The Hall–Kier alpha value is -2.08. The molecule has 2 aromatic heterocycles. The van der Waals surface area contributed by atoms with Gasteiger partial charge in [-0.05, 0) is 32.9 Å². The van der Waals surface area contributed by atoms with E-state index in [0.29, 0.717) is 22.1 Å². The van der Waals surface area contributed by atoms with Gasteiger partial charge < -0.3 is 14.8 Å². The van der Waals surface area contributed by atoms with E-state index in [2.05, 4.69) is 5.32 Å². The highest BCUT2D eigenvalue weighted by Crippen LogP contribution is 2.25. The molecule has 0 saturated heterocycles. The van der Waals surface area contributed by atoms with E-state index in [0.717, 1.165) is 16.9 Å². The second kappa shape index (κ2) is 4.89. The largest absolute Gasteiger partial charge is 0.477 e. The molecule has 0 fully saturated rings. The van der Waals surface area contributed by atoms with E-state index in [-0.39, 0.29) is 10.8 Å². The average molecular weight is 279 g/mol. The summed E-state index contributed by atoms with van der Waals surface area (Å²) in [6.07, 6.45) is 0. The van der Waals surface area contributed by atoms with Crippen molar-refractivity contribution in [1.82, 2.24) is 0 Å². The Kier molecular flexibility index (Phi) is 3.44. The predicted molar refractivity (Wildman–Crippen MR) is 72.2 cm³/mol. The van der Waals surface area contributed by atoms with Crippen LogP contribution in [0, 0.1) is 20.8 Å². The molecule has 2 N–H and O–H groups in total. The molecule has 0 radical (unpaired) electrons. The Morgan fingerprint density at radius 1 is 1.21 bits per heavy atom. The van der Waals surface area contributed by atoms with Gasteiger partial charge in [-0.2, -0.15) is 0 Å². The number of thiophene rings is 1. The summed E-state index contributed by atoms with van der Waals surface area (Å²) in [6.45, 7) is 5.34. The fraction of sp³-hybridized carbons (Fsp3) is 0.231. The summed E-state index contributed by atoms with van der Waals surface area (Å²) in [5.74, 6) is -0.0229. The fourth-order valence-corrected chi connectivity index (χ4v) is 2.56. The number of rotatable bonds is 3. The van der Waals surface area contributed by atoms with Gasteiger partial charge in [0, 0.05) is 5.56 Å². The third kappa shape index (κ3) is 2.53. The summed E-state index contributed by atoms with van der Waals surface area (Å²) < 4.78 is 5.40. The number of hydrogen-bond acceptors (Lipinski definition) is 4. The van der Waals surface area contributed by atoms with Crippen molar-refractivity contribution in [1.29, 1.82) is 0 Å². The number of hydrogen-bond donors (Lipinski definition) is 2. The molecule has 19 heavy (non-hydrogen) atoms. The van der Waals surface area contributed by atoms with E-state index in [4.69, 9.17) is 9.52 Å². The lowest BCUT2D eigenvalue weighted by atomic mass is 10.1. The van der Waals surface area contributed by atoms with Crippen LogP contribution in [0.3, 0.4) is 0 Å². The third-order valence-electron chi connectivity index (χ3n) is 2.84. The van der Waals surface area contributed by atoms with E-state index >= 15 is 0 Å². The van der Waals surface area contributed by atoms with Crippen LogP contribution in [0.4, 0.5) is 5.00 Å². The van der Waals surface area contributed by atoms with Crippen LogP contribution in [-0.4, -0.2) is 17.0 Å². The lowest BCUT2D eigenvalue weighted by Crippen LogP contribution is -2.12. The maximum atomic E-state index is 12.1. The topological polar surface area (TPSA) is 79.5 Å². The Morgan fingerprint density at radius 2 is 1.89 bits per heavy atom. The number of anilines is 1. The Bertz CT molecular complexity index is 654. The molecule has 0 aliphatic rings. The van der Waals surface area contributed by atoms with Crippen LogP contribution in [0.1, 0.15) is 37.1 Å². The first-order chi connectivity index (χ1) is 8.90. The minimum atomic E-state index is -1.00. The van der Waals surface area contributed by atoms with Crippen LogP contribution in [0.5, 0.6) is 0 Å². The van der Waals surface area contributed by atoms with Crippen molar-refractivity contribution in [2.45, 2.75) is 20.8 Å². The third-order valence-corrected chi connectivity index (χ3v) is 3.83. The molecule has 0 bridgehead atoms. The first kappa shape index (κ1) is 13.4. The van der Waals surface area contributed by atoms with E-state index in [1.807, 2.05) is 6.92 Å². The first-order valence-corrected chi connectivity index (χ1v) is 6.43. The number of aromatic carboxylic acids is 1. The van der Waals surface area contributed by atoms with Gasteiger partial charge in [-0.25, -0.2) is 4.79 Å². The summed E-state index contributed by atoms with van der Waals surface area (Å²) >= 11 is 1.02. The van der Waals surface area contributed by atoms with Crippen molar-refractivity contribution in [2.24, 2.45) is 0 Å². The smallest absolute Gasteiger partial charge is 0.345 e. The molecule has 1 amide bonds. The first-order valence-electron chi connectivity index (χ1n) is 5.61. The molecule has 0 aliphatic heterocycles. The summed E-state index contributed by atoms with van der Waals surface area (Å²) in [7, 11) is 0. The van der Waals surface area contributed by atoms with E-state index < -0.39 is 5.97 Å². The highest BCUT2D eigenvalue weighted by molar-refractivity contribution is 7.18. The molecular weight excluding hydrogens is 266 g/mol. The van der Waals surface area contributed by atoms with Crippen molar-refractivity contribution in [3.63, 3.8) is 0 Å². The number of nitrogens with one attached hydrogen (secondary N) is 1. The Balaban J connectivity index is 2.23. The number of carbonyl (C=O) groups is 2. The van der Waals surface area contributed by atoms with Gasteiger partial charge in [-0.1, -0.05) is 0 Å². The normalized spacial score (nSPS) is 10.5. The fourth-order valence-electron chi connectivity index (χ4n) is 1.82. The number of carboxylic acids is 1. The predicted octanol–water partition coefficient (Wildman–Crippen LogP) is 3.22. The molecule has 100 valence electrons. The van der Waals surface area contributed by atoms with Gasteiger partial charge in [-0.3, -0.25) is 4.79 Å². The van der Waals surface area contributed by atoms with Gasteiger partial charge >= 0.3 is 5.97 Å². The van der Waals surface area contributed by atoms with Gasteiger partial charge in [0.2, 0.25) is 0 Å². The van der Waals surface area contributed by atoms with E-state index in [1.165, 1.54) is 6.07 Å². The van der Waals surface area contributed by atoms with Crippen LogP contribution in [0.15, 0.2) is 16.5 Å². The van der Waals surface area contributed by atoms with Gasteiger partial charge in [0.1, 0.15) is 16.4 Å². The maximum absolute atomic E-state index is 12.1. The highest BCUT2D eigenvalue weighted by atomic mass is 32.1. The zero-order valence-electron chi connectivity index (χ0n) is 10.7. The molecule has 5 nitrogen and oxygen atoms in total. The van der Waals surface area contributed by atoms with Gasteiger partial charge in [0.15, 0.2) is 0 Å². The zero-order valence-corrected chi connectivity index (χ0v) is 11.6. The number of aryl methyl sites for hydroxylation is 2. The van der Waals surface area contributed by atoms with Crippen molar-refractivity contribution in [2.75, 3.05) is 5.32 Å². The molecule has 0 atom stereocenters. The molecule has 2 aromatic rings.